The monoisotopic (exact) mass is 597 g/mol. The summed E-state index contributed by atoms with van der Waals surface area (Å²) in [5.74, 6) is -0.411. The van der Waals surface area contributed by atoms with Gasteiger partial charge in [0, 0.05) is 19.6 Å². The SMILES string of the molecule is COc1cc(OCc2cccc(OCCCCCC(=O)O)c2)c(Cl)cc1C(=O)N[C@H]1[C@@H](OC)O[C@H](CO)[C@@H](O)[C@@H]1O. The van der Waals surface area contributed by atoms with Crippen LogP contribution in [0.25, 0.3) is 0 Å². The number of methoxy groups -OCH3 is 2. The first kappa shape index (κ1) is 32.4. The largest absolute Gasteiger partial charge is 0.496 e. The number of nitrogens with one attached hydrogen (secondary N) is 1. The van der Waals surface area contributed by atoms with Crippen LogP contribution in [0.4, 0.5) is 0 Å². The number of carbonyl (C=O) groups excluding carboxylic acids is 1. The van der Waals surface area contributed by atoms with Crippen molar-refractivity contribution >= 4 is 23.5 Å². The molecule has 5 N–H and O–H groups in total. The lowest BCUT2D eigenvalue weighted by Crippen LogP contribution is -2.64. The number of aliphatic hydroxyl groups is 3. The Morgan fingerprint density at radius 1 is 1.02 bits per heavy atom. The van der Waals surface area contributed by atoms with Gasteiger partial charge in [-0.15, -0.1) is 0 Å². The number of aliphatic hydroxyl groups excluding tert-OH is 3. The van der Waals surface area contributed by atoms with Gasteiger partial charge in [0.05, 0.1) is 30.9 Å². The van der Waals surface area contributed by atoms with E-state index in [1.165, 1.54) is 26.4 Å². The van der Waals surface area contributed by atoms with E-state index in [0.29, 0.717) is 18.8 Å². The van der Waals surface area contributed by atoms with Crippen LogP contribution in [-0.4, -0.2) is 90.4 Å². The lowest BCUT2D eigenvalue weighted by atomic mass is 9.96. The molecule has 0 unspecified atom stereocenters. The van der Waals surface area contributed by atoms with Crippen LogP contribution < -0.4 is 19.5 Å². The predicted molar refractivity (Wildman–Crippen MR) is 146 cm³/mol. The Bertz CT molecular complexity index is 1160. The minimum atomic E-state index is -1.48. The van der Waals surface area contributed by atoms with Gasteiger partial charge in [-0.1, -0.05) is 23.7 Å². The zero-order valence-electron chi connectivity index (χ0n) is 22.8. The van der Waals surface area contributed by atoms with Crippen molar-refractivity contribution in [3.63, 3.8) is 0 Å². The molecular weight excluding hydrogens is 562 g/mol. The van der Waals surface area contributed by atoms with E-state index in [9.17, 15) is 24.9 Å². The van der Waals surface area contributed by atoms with Crippen molar-refractivity contribution < 1.29 is 53.7 Å². The molecule has 0 saturated carbocycles. The number of amides is 1. The lowest BCUT2D eigenvalue weighted by molar-refractivity contribution is -0.261. The van der Waals surface area contributed by atoms with E-state index >= 15 is 0 Å². The first-order chi connectivity index (χ1) is 19.7. The van der Waals surface area contributed by atoms with Gasteiger partial charge in [0.25, 0.3) is 5.91 Å². The van der Waals surface area contributed by atoms with Crippen LogP contribution in [0.3, 0.4) is 0 Å². The highest BCUT2D eigenvalue weighted by molar-refractivity contribution is 6.32. The van der Waals surface area contributed by atoms with Gasteiger partial charge in [-0.05, 0) is 43.0 Å². The highest BCUT2D eigenvalue weighted by Gasteiger charge is 2.45. The molecule has 1 fully saturated rings. The van der Waals surface area contributed by atoms with E-state index in [-0.39, 0.29) is 35.1 Å². The Hall–Kier alpha value is -3.13. The topological polar surface area (TPSA) is 173 Å². The third-order valence-electron chi connectivity index (χ3n) is 6.51. The Labute approximate surface area is 242 Å². The highest BCUT2D eigenvalue weighted by atomic mass is 35.5. The highest BCUT2D eigenvalue weighted by Crippen LogP contribution is 2.34. The molecule has 2 aromatic carbocycles. The molecule has 3 rings (SSSR count). The summed E-state index contributed by atoms with van der Waals surface area (Å²) in [5.41, 5.74) is 0.853. The average molecular weight is 598 g/mol. The maximum atomic E-state index is 13.1. The van der Waals surface area contributed by atoms with E-state index in [2.05, 4.69) is 5.32 Å². The summed E-state index contributed by atoms with van der Waals surface area (Å²) in [6, 6.07) is 8.99. The fourth-order valence-corrected chi connectivity index (χ4v) is 4.51. The number of carboxylic acids is 1. The number of unbranched alkanes of at least 4 members (excludes halogenated alkanes) is 2. The predicted octanol–water partition coefficient (Wildman–Crippen LogP) is 2.14. The van der Waals surface area contributed by atoms with Crippen molar-refractivity contribution in [3.05, 3.63) is 52.5 Å². The fraction of sp³-hybridized carbons (Fsp3) is 0.500. The number of carboxylic acid groups (broad SMARTS) is 1. The molecule has 0 spiro atoms. The number of halogens is 1. The second-order valence-corrected chi connectivity index (χ2v) is 9.82. The second kappa shape index (κ2) is 15.8. The van der Waals surface area contributed by atoms with Crippen LogP contribution in [0.1, 0.15) is 41.6 Å². The summed E-state index contributed by atoms with van der Waals surface area (Å²) >= 11 is 6.43. The molecule has 0 aromatic heterocycles. The number of ether oxygens (including phenoxy) is 5. The summed E-state index contributed by atoms with van der Waals surface area (Å²) in [6.07, 6.45) is -2.88. The Morgan fingerprint density at radius 3 is 2.49 bits per heavy atom. The Balaban J connectivity index is 1.62. The molecule has 226 valence electrons. The second-order valence-electron chi connectivity index (χ2n) is 9.41. The van der Waals surface area contributed by atoms with Crippen molar-refractivity contribution in [1.82, 2.24) is 5.32 Å². The van der Waals surface area contributed by atoms with Crippen molar-refractivity contribution in [1.29, 1.82) is 0 Å². The van der Waals surface area contributed by atoms with Crippen LogP contribution in [0.5, 0.6) is 17.2 Å². The first-order valence-electron chi connectivity index (χ1n) is 13.1. The van der Waals surface area contributed by atoms with Crippen LogP contribution in [-0.2, 0) is 20.9 Å². The van der Waals surface area contributed by atoms with Crippen LogP contribution in [0.15, 0.2) is 36.4 Å². The number of carbonyl (C=O) groups is 2. The number of rotatable bonds is 15. The molecular formula is C28H36ClNO11. The molecule has 0 bridgehead atoms. The average Bonchev–Trinajstić information content (AvgIpc) is 2.96. The molecule has 0 radical (unpaired) electrons. The van der Waals surface area contributed by atoms with Gasteiger partial charge in [0.15, 0.2) is 6.29 Å². The van der Waals surface area contributed by atoms with Gasteiger partial charge in [0.1, 0.15) is 48.2 Å². The Kier molecular flexibility index (Phi) is 12.4. The smallest absolute Gasteiger partial charge is 0.303 e. The molecule has 5 atom stereocenters. The summed E-state index contributed by atoms with van der Waals surface area (Å²) < 4.78 is 27.7. The van der Waals surface area contributed by atoms with E-state index in [1.807, 2.05) is 24.3 Å². The fourth-order valence-electron chi connectivity index (χ4n) is 4.29. The zero-order chi connectivity index (χ0) is 29.9. The van der Waals surface area contributed by atoms with Gasteiger partial charge in [-0.2, -0.15) is 0 Å². The maximum Gasteiger partial charge on any atom is 0.303 e. The lowest BCUT2D eigenvalue weighted by Gasteiger charge is -2.41. The third kappa shape index (κ3) is 8.93. The molecule has 1 saturated heterocycles. The van der Waals surface area contributed by atoms with Crippen LogP contribution in [0.2, 0.25) is 5.02 Å². The van der Waals surface area contributed by atoms with Crippen molar-refractivity contribution in [2.75, 3.05) is 27.4 Å². The molecule has 2 aromatic rings. The molecule has 1 heterocycles. The molecule has 12 nitrogen and oxygen atoms in total. The standard InChI is InChI=1S/C28H36ClNO11/c1-37-20-13-21(40-15-16-7-6-8-17(11-16)39-10-5-3-4-9-23(32)33)19(29)12-18(20)27(36)30-24-26(35)25(34)22(14-31)41-28(24)38-2/h6-8,11-13,22,24-26,28,31,34-35H,3-5,9-10,14-15H2,1-2H3,(H,30,36)(H,32,33)/t22-,24-,25-,26-,28+/m1/s1. The molecule has 0 aliphatic carbocycles. The zero-order valence-corrected chi connectivity index (χ0v) is 23.6. The van der Waals surface area contributed by atoms with Crippen LogP contribution >= 0.6 is 11.6 Å². The number of benzene rings is 2. The minimum Gasteiger partial charge on any atom is -0.496 e. The normalized spacial score (nSPS) is 22.1. The van der Waals surface area contributed by atoms with Gasteiger partial charge < -0.3 is 49.4 Å². The molecule has 1 aliphatic heterocycles. The van der Waals surface area contributed by atoms with E-state index in [1.54, 1.807) is 0 Å². The van der Waals surface area contributed by atoms with Gasteiger partial charge in [-0.25, -0.2) is 0 Å². The van der Waals surface area contributed by atoms with Crippen molar-refractivity contribution in [2.45, 2.75) is 62.9 Å². The first-order valence-corrected chi connectivity index (χ1v) is 13.5. The van der Waals surface area contributed by atoms with Gasteiger partial charge >= 0.3 is 5.97 Å². The Morgan fingerprint density at radius 2 is 1.80 bits per heavy atom. The molecule has 1 aliphatic rings. The quantitative estimate of drug-likeness (QED) is 0.190. The summed E-state index contributed by atoms with van der Waals surface area (Å²) in [6.45, 7) is 0.0685. The van der Waals surface area contributed by atoms with Crippen molar-refractivity contribution in [2.24, 2.45) is 0 Å². The number of hydrogen-bond donors (Lipinski definition) is 5. The number of aliphatic carboxylic acids is 1. The van der Waals surface area contributed by atoms with E-state index in [4.69, 9.17) is 40.4 Å². The van der Waals surface area contributed by atoms with E-state index < -0.39 is 49.1 Å². The number of hydrogen-bond acceptors (Lipinski definition) is 10. The van der Waals surface area contributed by atoms with Gasteiger partial charge in [0.2, 0.25) is 0 Å². The summed E-state index contributed by atoms with van der Waals surface area (Å²) in [7, 11) is 2.68. The van der Waals surface area contributed by atoms with Crippen LogP contribution in [0, 0.1) is 0 Å². The van der Waals surface area contributed by atoms with Crippen molar-refractivity contribution in [3.8, 4) is 17.2 Å². The minimum absolute atomic E-state index is 0.0458. The summed E-state index contributed by atoms with van der Waals surface area (Å²) in [5, 5.41) is 41.5. The molecule has 41 heavy (non-hydrogen) atoms. The molecule has 13 heteroatoms. The summed E-state index contributed by atoms with van der Waals surface area (Å²) in [4.78, 5) is 23.7. The van der Waals surface area contributed by atoms with Gasteiger partial charge in [-0.3, -0.25) is 9.59 Å². The third-order valence-corrected chi connectivity index (χ3v) is 6.80. The van der Waals surface area contributed by atoms with E-state index in [0.717, 1.165) is 18.4 Å². The maximum absolute atomic E-state index is 13.1. The molecule has 1 amide bonds.